The van der Waals surface area contributed by atoms with Crippen molar-refractivity contribution in [2.45, 2.75) is 119 Å². The standard InChI is InChI=1S/C31H52O/c1-20(2)25(29(4,5)6)12-9-21(3)26-13-14-27-24-11-10-22-19-23(32)15-17-30(22,7)28(24)16-18-31(26,27)8/h10,21,23-28,32H,1,9,11-19H2,2-8H3/t21-,23+,24+,25-,26-,27+,28+,30+,31-/m1/s1. The number of hydrogen-bond donors (Lipinski definition) is 1. The number of hydrogen-bond acceptors (Lipinski definition) is 1. The first-order chi connectivity index (χ1) is 14.9. The van der Waals surface area contributed by atoms with Crippen molar-refractivity contribution in [2.75, 3.05) is 0 Å². The maximum Gasteiger partial charge on any atom is 0.0577 e. The summed E-state index contributed by atoms with van der Waals surface area (Å²) in [4.78, 5) is 0. The molecule has 32 heavy (non-hydrogen) atoms. The van der Waals surface area contributed by atoms with Crippen LogP contribution in [0.1, 0.15) is 113 Å². The van der Waals surface area contributed by atoms with Gasteiger partial charge in [0.15, 0.2) is 0 Å². The van der Waals surface area contributed by atoms with Gasteiger partial charge >= 0.3 is 0 Å². The molecule has 4 rings (SSSR count). The molecule has 0 aromatic heterocycles. The van der Waals surface area contributed by atoms with Crippen LogP contribution in [0, 0.1) is 51.8 Å². The molecule has 182 valence electrons. The minimum absolute atomic E-state index is 0.0902. The first kappa shape index (κ1) is 24.6. The second kappa shape index (κ2) is 8.58. The predicted octanol–water partition coefficient (Wildman–Crippen LogP) is 8.58. The second-order valence-corrected chi connectivity index (χ2v) is 14.2. The smallest absolute Gasteiger partial charge is 0.0577 e. The molecule has 0 spiro atoms. The molecule has 9 atom stereocenters. The molecule has 0 aromatic rings. The number of aliphatic hydroxyl groups is 1. The highest BCUT2D eigenvalue weighted by molar-refractivity contribution is 5.25. The van der Waals surface area contributed by atoms with Crippen LogP contribution in [0.15, 0.2) is 23.8 Å². The summed E-state index contributed by atoms with van der Waals surface area (Å²) in [7, 11) is 0. The molecule has 0 radical (unpaired) electrons. The molecule has 0 aromatic carbocycles. The lowest BCUT2D eigenvalue weighted by Crippen LogP contribution is -2.50. The summed E-state index contributed by atoms with van der Waals surface area (Å²) in [6, 6.07) is 0. The summed E-state index contributed by atoms with van der Waals surface area (Å²) in [5, 5.41) is 10.3. The average molecular weight is 441 g/mol. The summed E-state index contributed by atoms with van der Waals surface area (Å²) in [5.41, 5.74) is 4.21. The highest BCUT2D eigenvalue weighted by Crippen LogP contribution is 2.67. The van der Waals surface area contributed by atoms with Gasteiger partial charge in [0.25, 0.3) is 0 Å². The lowest BCUT2D eigenvalue weighted by Gasteiger charge is -2.58. The summed E-state index contributed by atoms with van der Waals surface area (Å²) in [6.45, 7) is 21.6. The minimum Gasteiger partial charge on any atom is -0.393 e. The maximum absolute atomic E-state index is 10.3. The van der Waals surface area contributed by atoms with E-state index in [4.69, 9.17) is 0 Å². The summed E-state index contributed by atoms with van der Waals surface area (Å²) < 4.78 is 0. The molecule has 0 bridgehead atoms. The van der Waals surface area contributed by atoms with Crippen molar-refractivity contribution >= 4 is 0 Å². The van der Waals surface area contributed by atoms with Gasteiger partial charge in [-0.25, -0.2) is 0 Å². The van der Waals surface area contributed by atoms with Crippen molar-refractivity contribution in [3.05, 3.63) is 23.8 Å². The molecule has 1 heteroatoms. The third-order valence-electron chi connectivity index (χ3n) is 11.4. The van der Waals surface area contributed by atoms with E-state index >= 15 is 0 Å². The molecule has 3 saturated carbocycles. The van der Waals surface area contributed by atoms with E-state index in [1.54, 1.807) is 5.57 Å². The van der Waals surface area contributed by atoms with E-state index < -0.39 is 0 Å². The predicted molar refractivity (Wildman–Crippen MR) is 137 cm³/mol. The van der Waals surface area contributed by atoms with E-state index in [0.29, 0.717) is 22.2 Å². The summed E-state index contributed by atoms with van der Waals surface area (Å²) >= 11 is 0. The Bertz CT molecular complexity index is 740. The molecular weight excluding hydrogens is 388 g/mol. The van der Waals surface area contributed by atoms with Crippen LogP contribution in [0.2, 0.25) is 0 Å². The fourth-order valence-electron chi connectivity index (χ4n) is 9.67. The summed E-state index contributed by atoms with van der Waals surface area (Å²) in [6.07, 6.45) is 15.4. The lowest BCUT2D eigenvalue weighted by atomic mass is 9.47. The zero-order valence-electron chi connectivity index (χ0n) is 22.3. The normalized spacial score (nSPS) is 43.5. The van der Waals surface area contributed by atoms with Crippen LogP contribution in [-0.4, -0.2) is 11.2 Å². The van der Waals surface area contributed by atoms with Crippen molar-refractivity contribution in [1.29, 1.82) is 0 Å². The first-order valence-corrected chi connectivity index (χ1v) is 13.9. The Morgan fingerprint density at radius 3 is 2.47 bits per heavy atom. The van der Waals surface area contributed by atoms with Gasteiger partial charge in [-0.05, 0) is 123 Å². The van der Waals surface area contributed by atoms with Gasteiger partial charge in [0.2, 0.25) is 0 Å². The van der Waals surface area contributed by atoms with Crippen LogP contribution in [0.4, 0.5) is 0 Å². The number of rotatable bonds is 5. The van der Waals surface area contributed by atoms with Gasteiger partial charge in [-0.1, -0.05) is 65.3 Å². The fourth-order valence-corrected chi connectivity index (χ4v) is 9.67. The molecule has 1 N–H and O–H groups in total. The van der Waals surface area contributed by atoms with Crippen LogP contribution in [-0.2, 0) is 0 Å². The number of aliphatic hydroxyl groups excluding tert-OH is 1. The Morgan fingerprint density at radius 1 is 1.09 bits per heavy atom. The molecule has 4 aliphatic rings. The summed E-state index contributed by atoms with van der Waals surface area (Å²) in [5.74, 6) is 5.00. The van der Waals surface area contributed by atoms with Gasteiger partial charge in [0.1, 0.15) is 0 Å². The van der Waals surface area contributed by atoms with E-state index in [9.17, 15) is 5.11 Å². The van der Waals surface area contributed by atoms with Gasteiger partial charge in [-0.15, -0.1) is 0 Å². The second-order valence-electron chi connectivity index (χ2n) is 14.2. The van der Waals surface area contributed by atoms with Crippen LogP contribution in [0.3, 0.4) is 0 Å². The van der Waals surface area contributed by atoms with Crippen LogP contribution >= 0.6 is 0 Å². The lowest BCUT2D eigenvalue weighted by molar-refractivity contribution is -0.0575. The quantitative estimate of drug-likeness (QED) is 0.424. The maximum atomic E-state index is 10.3. The molecule has 0 heterocycles. The van der Waals surface area contributed by atoms with E-state index in [1.807, 2.05) is 0 Å². The van der Waals surface area contributed by atoms with E-state index in [-0.39, 0.29) is 6.10 Å². The van der Waals surface area contributed by atoms with Gasteiger partial charge in [-0.2, -0.15) is 0 Å². The molecule has 3 fully saturated rings. The SMILES string of the molecule is C=C(C)[C@@H](CC[C@@H](C)[C@H]1CC[C@H]2[C@@H]3CC=C4C[C@@H](O)CC[C@]4(C)[C@H]3CC[C@]12C)C(C)(C)C. The van der Waals surface area contributed by atoms with E-state index in [2.05, 4.69) is 61.1 Å². The van der Waals surface area contributed by atoms with Crippen molar-refractivity contribution in [1.82, 2.24) is 0 Å². The Kier molecular flexibility index (Phi) is 6.59. The molecule has 4 aliphatic carbocycles. The van der Waals surface area contributed by atoms with Gasteiger partial charge in [-0.3, -0.25) is 0 Å². The molecule has 0 aliphatic heterocycles. The Hall–Kier alpha value is -0.560. The highest BCUT2D eigenvalue weighted by atomic mass is 16.3. The Labute approximate surface area is 199 Å². The molecule has 0 saturated heterocycles. The average Bonchev–Trinajstić information content (AvgIpc) is 3.04. The number of fused-ring (bicyclic) bond motifs is 5. The monoisotopic (exact) mass is 440 g/mol. The van der Waals surface area contributed by atoms with Gasteiger partial charge in [0, 0.05) is 0 Å². The minimum atomic E-state index is -0.0902. The third-order valence-corrected chi connectivity index (χ3v) is 11.4. The molecule has 0 amide bonds. The fraction of sp³-hybridized carbons (Fsp3) is 0.871. The van der Waals surface area contributed by atoms with Crippen LogP contribution in [0.5, 0.6) is 0 Å². The largest absolute Gasteiger partial charge is 0.393 e. The highest BCUT2D eigenvalue weighted by Gasteiger charge is 2.59. The molecule has 1 nitrogen and oxygen atoms in total. The number of allylic oxidation sites excluding steroid dienone is 2. The van der Waals surface area contributed by atoms with Crippen LogP contribution < -0.4 is 0 Å². The topological polar surface area (TPSA) is 20.2 Å². The molecule has 0 unspecified atom stereocenters. The van der Waals surface area contributed by atoms with E-state index in [1.165, 1.54) is 56.9 Å². The van der Waals surface area contributed by atoms with Crippen molar-refractivity contribution in [3.63, 3.8) is 0 Å². The van der Waals surface area contributed by atoms with Crippen molar-refractivity contribution < 1.29 is 5.11 Å². The Morgan fingerprint density at radius 2 is 1.81 bits per heavy atom. The van der Waals surface area contributed by atoms with Gasteiger partial charge in [0.05, 0.1) is 6.10 Å². The first-order valence-electron chi connectivity index (χ1n) is 13.9. The Balaban J connectivity index is 1.48. The molecular formula is C31H52O. The van der Waals surface area contributed by atoms with Crippen LogP contribution in [0.25, 0.3) is 0 Å². The zero-order chi connectivity index (χ0) is 23.5. The van der Waals surface area contributed by atoms with E-state index in [0.717, 1.165) is 42.4 Å². The van der Waals surface area contributed by atoms with Crippen molar-refractivity contribution in [3.8, 4) is 0 Å². The zero-order valence-corrected chi connectivity index (χ0v) is 22.3. The third kappa shape index (κ3) is 4.08. The van der Waals surface area contributed by atoms with Crippen molar-refractivity contribution in [2.24, 2.45) is 51.8 Å². The van der Waals surface area contributed by atoms with Gasteiger partial charge < -0.3 is 5.11 Å².